The number of benzene rings is 4. The van der Waals surface area contributed by atoms with Gasteiger partial charge in [-0.05, 0) is 58.5 Å². The molecule has 0 saturated carbocycles. The first kappa shape index (κ1) is 25.8. The average Bonchev–Trinajstić information content (AvgIpc) is 2.95. The van der Waals surface area contributed by atoms with Crippen molar-refractivity contribution >= 4 is 34.4 Å². The Morgan fingerprint density at radius 1 is 0.868 bits per heavy atom. The molecular formula is C31H28ClNO5. The summed E-state index contributed by atoms with van der Waals surface area (Å²) >= 11 is 6.09. The summed E-state index contributed by atoms with van der Waals surface area (Å²) in [6, 6.07) is 28.2. The Morgan fingerprint density at radius 3 is 2.34 bits per heavy atom. The molecule has 38 heavy (non-hydrogen) atoms. The Labute approximate surface area is 226 Å². The highest BCUT2D eigenvalue weighted by atomic mass is 35.5. The van der Waals surface area contributed by atoms with Crippen LogP contribution in [-0.2, 0) is 22.7 Å². The van der Waals surface area contributed by atoms with E-state index < -0.39 is 18.1 Å². The second-order valence-electron chi connectivity index (χ2n) is 9.39. The van der Waals surface area contributed by atoms with Crippen LogP contribution in [0.5, 0.6) is 0 Å². The molecule has 0 aliphatic carbocycles. The lowest BCUT2D eigenvalue weighted by molar-refractivity contribution is -0.0451. The first-order chi connectivity index (χ1) is 18.5. The summed E-state index contributed by atoms with van der Waals surface area (Å²) in [6.45, 7) is 0.933. The highest BCUT2D eigenvalue weighted by molar-refractivity contribution is 6.33. The van der Waals surface area contributed by atoms with Gasteiger partial charge in [-0.3, -0.25) is 4.90 Å². The lowest BCUT2D eigenvalue weighted by atomic mass is 9.92. The molecule has 4 aromatic rings. The minimum Gasteiger partial charge on any atom is -0.465 e. The molecule has 0 aromatic heterocycles. The summed E-state index contributed by atoms with van der Waals surface area (Å²) < 4.78 is 11.8. The van der Waals surface area contributed by atoms with Gasteiger partial charge in [0.25, 0.3) is 0 Å². The number of carbonyl (C=O) groups excluding carboxylic acids is 1. The van der Waals surface area contributed by atoms with E-state index in [0.29, 0.717) is 23.7 Å². The number of hydrogen-bond donors (Lipinski definition) is 1. The van der Waals surface area contributed by atoms with Crippen LogP contribution in [0.4, 0.5) is 4.79 Å². The predicted octanol–water partition coefficient (Wildman–Crippen LogP) is 7.25. The SMILES string of the molecule is O=C(OCc1ccc(C2C(OCc3ccc4ccccc4c3)CCCN2C(=O)O)cc1)c1ccccc1Cl. The van der Waals surface area contributed by atoms with E-state index in [1.165, 1.54) is 10.3 Å². The third kappa shape index (κ3) is 5.82. The Morgan fingerprint density at radius 2 is 1.58 bits per heavy atom. The molecule has 1 N–H and O–H groups in total. The normalized spacial score (nSPS) is 17.3. The van der Waals surface area contributed by atoms with Gasteiger partial charge >= 0.3 is 12.1 Å². The fourth-order valence-electron chi connectivity index (χ4n) is 4.94. The van der Waals surface area contributed by atoms with Crippen LogP contribution in [0.2, 0.25) is 5.02 Å². The number of halogens is 1. The molecule has 2 atom stereocenters. The standard InChI is InChI=1S/C31H28ClNO5/c32-27-9-4-3-8-26(27)30(34)38-19-21-11-15-24(16-12-21)29-28(10-5-17-33(29)31(35)36)37-20-22-13-14-23-6-1-2-7-25(23)18-22/h1-4,6-9,11-16,18,28-29H,5,10,17,19-20H2,(H,35,36). The second-order valence-corrected chi connectivity index (χ2v) is 9.80. The molecule has 5 rings (SSSR count). The number of nitrogens with zero attached hydrogens (tertiary/aromatic N) is 1. The van der Waals surface area contributed by atoms with Crippen molar-refractivity contribution in [1.29, 1.82) is 0 Å². The van der Waals surface area contributed by atoms with Crippen LogP contribution < -0.4 is 0 Å². The van der Waals surface area contributed by atoms with Gasteiger partial charge < -0.3 is 14.6 Å². The van der Waals surface area contributed by atoms with Gasteiger partial charge in [0.2, 0.25) is 0 Å². The highest BCUT2D eigenvalue weighted by Gasteiger charge is 2.36. The maximum atomic E-state index is 12.4. The van der Waals surface area contributed by atoms with Gasteiger partial charge in [0, 0.05) is 6.54 Å². The molecular weight excluding hydrogens is 502 g/mol. The fraction of sp³-hybridized carbons (Fsp3) is 0.226. The molecule has 1 amide bonds. The van der Waals surface area contributed by atoms with Crippen LogP contribution in [0.1, 0.15) is 45.9 Å². The smallest absolute Gasteiger partial charge is 0.407 e. The Hall–Kier alpha value is -3.87. The number of ether oxygens (including phenoxy) is 2. The van der Waals surface area contributed by atoms with Crippen molar-refractivity contribution in [3.63, 3.8) is 0 Å². The van der Waals surface area contributed by atoms with Gasteiger partial charge in [-0.1, -0.05) is 84.4 Å². The van der Waals surface area contributed by atoms with Crippen LogP contribution in [-0.4, -0.2) is 34.7 Å². The third-order valence-electron chi connectivity index (χ3n) is 6.88. The Bertz CT molecular complexity index is 1440. The quantitative estimate of drug-likeness (QED) is 0.255. The van der Waals surface area contributed by atoms with Gasteiger partial charge in [0.05, 0.1) is 29.3 Å². The van der Waals surface area contributed by atoms with E-state index in [9.17, 15) is 14.7 Å². The maximum Gasteiger partial charge on any atom is 0.407 e. The molecule has 4 aromatic carbocycles. The number of hydrogen-bond acceptors (Lipinski definition) is 4. The van der Waals surface area contributed by atoms with E-state index >= 15 is 0 Å². The lowest BCUT2D eigenvalue weighted by Gasteiger charge is -2.40. The number of carboxylic acid groups (broad SMARTS) is 1. The number of fused-ring (bicyclic) bond motifs is 1. The Kier molecular flexibility index (Phi) is 7.91. The lowest BCUT2D eigenvalue weighted by Crippen LogP contribution is -2.45. The topological polar surface area (TPSA) is 76.1 Å². The second kappa shape index (κ2) is 11.7. The first-order valence-electron chi connectivity index (χ1n) is 12.6. The summed E-state index contributed by atoms with van der Waals surface area (Å²) in [6.07, 6.45) is 0.252. The van der Waals surface area contributed by atoms with Crippen LogP contribution in [0, 0.1) is 0 Å². The number of esters is 1. The van der Waals surface area contributed by atoms with Gasteiger partial charge in [-0.15, -0.1) is 0 Å². The molecule has 1 aliphatic rings. The van der Waals surface area contributed by atoms with Gasteiger partial charge in [0.15, 0.2) is 0 Å². The predicted molar refractivity (Wildman–Crippen MR) is 146 cm³/mol. The van der Waals surface area contributed by atoms with Gasteiger partial charge in [0.1, 0.15) is 6.61 Å². The molecule has 0 spiro atoms. The zero-order valence-electron chi connectivity index (χ0n) is 20.8. The van der Waals surface area contributed by atoms with Crippen molar-refractivity contribution < 1.29 is 24.2 Å². The Balaban J connectivity index is 1.28. The maximum absolute atomic E-state index is 12.4. The first-order valence-corrected chi connectivity index (χ1v) is 13.0. The van der Waals surface area contributed by atoms with Crippen LogP contribution in [0.3, 0.4) is 0 Å². The van der Waals surface area contributed by atoms with E-state index in [4.69, 9.17) is 21.1 Å². The molecule has 7 heteroatoms. The average molecular weight is 530 g/mol. The molecule has 1 aliphatic heterocycles. The van der Waals surface area contributed by atoms with E-state index in [0.717, 1.165) is 34.9 Å². The summed E-state index contributed by atoms with van der Waals surface area (Å²) in [4.78, 5) is 26.0. The van der Waals surface area contributed by atoms with Gasteiger partial charge in [-0.2, -0.15) is 0 Å². The largest absolute Gasteiger partial charge is 0.465 e. The molecule has 194 valence electrons. The van der Waals surface area contributed by atoms with Crippen LogP contribution >= 0.6 is 11.6 Å². The molecule has 1 saturated heterocycles. The zero-order valence-corrected chi connectivity index (χ0v) is 21.5. The summed E-state index contributed by atoms with van der Waals surface area (Å²) in [5, 5.41) is 12.6. The molecule has 0 radical (unpaired) electrons. The number of piperidine rings is 1. The molecule has 0 bridgehead atoms. The minimum atomic E-state index is -0.966. The molecule has 1 fully saturated rings. The van der Waals surface area contributed by atoms with Crippen molar-refractivity contribution in [2.45, 2.75) is 38.2 Å². The molecule has 2 unspecified atom stereocenters. The third-order valence-corrected chi connectivity index (χ3v) is 7.21. The van der Waals surface area contributed by atoms with E-state index in [-0.39, 0.29) is 12.7 Å². The van der Waals surface area contributed by atoms with Crippen molar-refractivity contribution in [3.05, 3.63) is 118 Å². The van der Waals surface area contributed by atoms with Crippen molar-refractivity contribution in [2.75, 3.05) is 6.54 Å². The molecule has 6 nitrogen and oxygen atoms in total. The molecule has 1 heterocycles. The van der Waals surface area contributed by atoms with Crippen LogP contribution in [0.15, 0.2) is 91.0 Å². The minimum absolute atomic E-state index is 0.0829. The van der Waals surface area contributed by atoms with E-state index in [2.05, 4.69) is 24.3 Å². The van der Waals surface area contributed by atoms with Crippen LogP contribution in [0.25, 0.3) is 10.8 Å². The highest BCUT2D eigenvalue weighted by Crippen LogP contribution is 2.34. The number of amides is 1. The zero-order chi connectivity index (χ0) is 26.5. The van der Waals surface area contributed by atoms with Crippen molar-refractivity contribution in [3.8, 4) is 0 Å². The van der Waals surface area contributed by atoms with E-state index in [1.807, 2.05) is 42.5 Å². The summed E-state index contributed by atoms with van der Waals surface area (Å²) in [5.41, 5.74) is 3.00. The monoisotopic (exact) mass is 529 g/mol. The van der Waals surface area contributed by atoms with Crippen molar-refractivity contribution in [1.82, 2.24) is 4.90 Å². The number of likely N-dealkylation sites (tertiary alicyclic amines) is 1. The summed E-state index contributed by atoms with van der Waals surface area (Å²) in [7, 11) is 0. The fourth-order valence-corrected chi connectivity index (χ4v) is 5.15. The van der Waals surface area contributed by atoms with Gasteiger partial charge in [-0.25, -0.2) is 9.59 Å². The van der Waals surface area contributed by atoms with Crippen molar-refractivity contribution in [2.24, 2.45) is 0 Å². The van der Waals surface area contributed by atoms with E-state index in [1.54, 1.807) is 24.3 Å². The number of rotatable bonds is 7. The number of carbonyl (C=O) groups is 2. The summed E-state index contributed by atoms with van der Waals surface area (Å²) in [5.74, 6) is -0.494.